The normalized spacial score (nSPS) is 36.9. The summed E-state index contributed by atoms with van der Waals surface area (Å²) >= 11 is 4.86. The zero-order chi connectivity index (χ0) is 5.98. The van der Waals surface area contributed by atoms with E-state index in [-0.39, 0.29) is 15.8 Å². The zero-order valence-corrected chi connectivity index (χ0v) is 5.93. The molecule has 2 atom stereocenters. The van der Waals surface area contributed by atoms with Crippen LogP contribution in [0.3, 0.4) is 0 Å². The third kappa shape index (κ3) is 1.28. The fraction of sp³-hybridized carbons (Fsp3) is 0.600. The molecule has 2 unspecified atom stereocenters. The van der Waals surface area contributed by atoms with Gasteiger partial charge in [0.2, 0.25) is 0 Å². The molecular formula is C5H6OS2. The Morgan fingerprint density at radius 1 is 1.88 bits per heavy atom. The van der Waals surface area contributed by atoms with Crippen molar-refractivity contribution in [2.45, 2.75) is 12.5 Å². The molecule has 1 fully saturated rings. The van der Waals surface area contributed by atoms with Crippen LogP contribution in [0.2, 0.25) is 0 Å². The first-order valence-corrected chi connectivity index (χ1v) is 4.59. The lowest BCUT2D eigenvalue weighted by Crippen LogP contribution is -1.98. The van der Waals surface area contributed by atoms with Gasteiger partial charge in [-0.2, -0.15) is 0 Å². The standard InChI is InChI=1S/C5H6OS2/c1-2-5-3-4-8(7)6-5/h1,5H,3-4H2. The van der Waals surface area contributed by atoms with E-state index in [1.54, 1.807) is 0 Å². The van der Waals surface area contributed by atoms with E-state index >= 15 is 0 Å². The molecule has 0 bridgehead atoms. The lowest BCUT2D eigenvalue weighted by atomic mass is 10.3. The maximum Gasteiger partial charge on any atom is 0.133 e. The second kappa shape index (κ2) is 2.58. The molecule has 0 spiro atoms. The molecule has 0 saturated carbocycles. The zero-order valence-electron chi connectivity index (χ0n) is 4.29. The van der Waals surface area contributed by atoms with Gasteiger partial charge < -0.3 is 0 Å². The van der Waals surface area contributed by atoms with Gasteiger partial charge in [-0.05, 0) is 17.6 Å². The van der Waals surface area contributed by atoms with Crippen LogP contribution in [0.4, 0.5) is 0 Å². The minimum atomic E-state index is -0.262. The Labute approximate surface area is 56.2 Å². The van der Waals surface area contributed by atoms with Crippen LogP contribution < -0.4 is 0 Å². The molecular weight excluding hydrogens is 140 g/mol. The summed E-state index contributed by atoms with van der Waals surface area (Å²) in [6.07, 6.45) is 6.04. The van der Waals surface area contributed by atoms with Crippen LogP contribution in [0.1, 0.15) is 6.42 Å². The molecule has 0 N–H and O–H groups in total. The maximum absolute atomic E-state index is 5.12. The predicted octanol–water partition coefficient (Wildman–Crippen LogP) is 0.404. The monoisotopic (exact) mass is 146 g/mol. The molecule has 1 aliphatic heterocycles. The predicted molar refractivity (Wildman–Crippen MR) is 37.9 cm³/mol. The summed E-state index contributed by atoms with van der Waals surface area (Å²) in [5.41, 5.74) is 0. The molecule has 1 rings (SSSR count). The highest BCUT2D eigenvalue weighted by Crippen LogP contribution is 2.10. The van der Waals surface area contributed by atoms with E-state index < -0.39 is 0 Å². The lowest BCUT2D eigenvalue weighted by Gasteiger charge is -1.94. The summed E-state index contributed by atoms with van der Waals surface area (Å²) in [6, 6.07) is 0. The molecule has 0 aliphatic carbocycles. The highest BCUT2D eigenvalue weighted by molar-refractivity contribution is 8.26. The van der Waals surface area contributed by atoms with E-state index in [0.29, 0.717) is 0 Å². The lowest BCUT2D eigenvalue weighted by molar-refractivity contribution is 0.328. The summed E-state index contributed by atoms with van der Waals surface area (Å²) < 4.78 is 5.12. The Kier molecular flexibility index (Phi) is 2.01. The van der Waals surface area contributed by atoms with Crippen molar-refractivity contribution in [2.75, 3.05) is 5.75 Å². The van der Waals surface area contributed by atoms with Gasteiger partial charge in [-0.15, -0.1) is 6.42 Å². The van der Waals surface area contributed by atoms with Crippen molar-refractivity contribution < 1.29 is 4.18 Å². The number of rotatable bonds is 0. The van der Waals surface area contributed by atoms with Gasteiger partial charge in [-0.3, -0.25) is 4.18 Å². The average molecular weight is 146 g/mol. The van der Waals surface area contributed by atoms with Gasteiger partial charge in [0.25, 0.3) is 0 Å². The molecule has 0 amide bonds. The third-order valence-electron chi connectivity index (χ3n) is 0.956. The smallest absolute Gasteiger partial charge is 0.133 e. The molecule has 8 heavy (non-hydrogen) atoms. The Bertz CT molecular complexity index is 147. The molecule has 1 aliphatic rings. The SMILES string of the molecule is C#CC1CCS(=S)O1. The van der Waals surface area contributed by atoms with E-state index in [4.69, 9.17) is 21.8 Å². The number of hydrogen-bond donors (Lipinski definition) is 0. The van der Waals surface area contributed by atoms with Gasteiger partial charge in [-0.25, -0.2) is 0 Å². The van der Waals surface area contributed by atoms with Gasteiger partial charge in [-0.1, -0.05) is 5.92 Å². The Morgan fingerprint density at radius 3 is 2.88 bits per heavy atom. The summed E-state index contributed by atoms with van der Waals surface area (Å²) in [7, 11) is -0.262. The second-order valence-corrected chi connectivity index (χ2v) is 3.87. The van der Waals surface area contributed by atoms with Crippen LogP contribution in [0.25, 0.3) is 0 Å². The highest BCUT2D eigenvalue weighted by Gasteiger charge is 2.15. The van der Waals surface area contributed by atoms with E-state index in [9.17, 15) is 0 Å². The van der Waals surface area contributed by atoms with Crippen LogP contribution in [-0.4, -0.2) is 11.9 Å². The molecule has 0 aromatic carbocycles. The largest absolute Gasteiger partial charge is 0.296 e. The third-order valence-corrected chi connectivity index (χ3v) is 2.71. The van der Waals surface area contributed by atoms with E-state index in [2.05, 4.69) is 5.92 Å². The van der Waals surface area contributed by atoms with Gasteiger partial charge in [0, 0.05) is 15.5 Å². The molecule has 44 valence electrons. The quantitative estimate of drug-likeness (QED) is 0.458. The van der Waals surface area contributed by atoms with E-state index in [0.717, 1.165) is 12.2 Å². The van der Waals surface area contributed by atoms with Crippen molar-refractivity contribution in [1.29, 1.82) is 0 Å². The van der Waals surface area contributed by atoms with Crippen LogP contribution in [-0.2, 0) is 25.1 Å². The first-order valence-electron chi connectivity index (χ1n) is 2.34. The van der Waals surface area contributed by atoms with Crippen molar-refractivity contribution in [3.05, 3.63) is 0 Å². The molecule has 3 heteroatoms. The minimum Gasteiger partial charge on any atom is -0.296 e. The molecule has 1 heterocycles. The average Bonchev–Trinajstić information content (AvgIpc) is 2.14. The van der Waals surface area contributed by atoms with Crippen LogP contribution >= 0.6 is 0 Å². The Hall–Kier alpha value is 0.0900. The molecule has 0 aromatic heterocycles. The first kappa shape index (κ1) is 6.21. The van der Waals surface area contributed by atoms with Crippen molar-refractivity contribution >= 4 is 20.9 Å². The summed E-state index contributed by atoms with van der Waals surface area (Å²) in [5.74, 6) is 3.47. The molecule has 1 saturated heterocycles. The summed E-state index contributed by atoms with van der Waals surface area (Å²) in [4.78, 5) is 0. The topological polar surface area (TPSA) is 9.23 Å². The first-order chi connectivity index (χ1) is 3.83. The van der Waals surface area contributed by atoms with Crippen molar-refractivity contribution in [3.8, 4) is 12.3 Å². The Balaban J connectivity index is 2.47. The summed E-state index contributed by atoms with van der Waals surface area (Å²) in [6.45, 7) is 0. The van der Waals surface area contributed by atoms with Crippen LogP contribution in [0.15, 0.2) is 0 Å². The van der Waals surface area contributed by atoms with Gasteiger partial charge >= 0.3 is 0 Å². The molecule has 0 radical (unpaired) electrons. The van der Waals surface area contributed by atoms with Crippen LogP contribution in [0, 0.1) is 12.3 Å². The Morgan fingerprint density at radius 2 is 2.62 bits per heavy atom. The summed E-state index contributed by atoms with van der Waals surface area (Å²) in [5, 5.41) is 0. The van der Waals surface area contributed by atoms with Crippen molar-refractivity contribution in [2.24, 2.45) is 0 Å². The number of terminal acetylenes is 1. The van der Waals surface area contributed by atoms with Gasteiger partial charge in [0.05, 0.1) is 0 Å². The molecule has 0 aromatic rings. The fourth-order valence-electron chi connectivity index (χ4n) is 0.540. The number of hydrogen-bond acceptors (Lipinski definition) is 2. The van der Waals surface area contributed by atoms with E-state index in [1.165, 1.54) is 0 Å². The highest BCUT2D eigenvalue weighted by atomic mass is 32.8. The van der Waals surface area contributed by atoms with Gasteiger partial charge in [0.15, 0.2) is 0 Å². The second-order valence-electron chi connectivity index (χ2n) is 1.55. The van der Waals surface area contributed by atoms with Crippen molar-refractivity contribution in [3.63, 3.8) is 0 Å². The minimum absolute atomic E-state index is 0.0100. The van der Waals surface area contributed by atoms with E-state index in [1.807, 2.05) is 0 Å². The molecule has 1 nitrogen and oxygen atoms in total. The maximum atomic E-state index is 5.12. The van der Waals surface area contributed by atoms with Gasteiger partial charge in [0.1, 0.15) is 6.10 Å². The van der Waals surface area contributed by atoms with Crippen molar-refractivity contribution in [1.82, 2.24) is 0 Å². The van der Waals surface area contributed by atoms with Crippen LogP contribution in [0.5, 0.6) is 0 Å². The fourth-order valence-corrected chi connectivity index (χ4v) is 2.03.